The molecule has 0 atom stereocenters. The number of carbonyl (C=O) groups excluding carboxylic acids is 1. The van der Waals surface area contributed by atoms with Crippen LogP contribution >= 0.6 is 11.6 Å². The predicted octanol–water partition coefficient (Wildman–Crippen LogP) is 2.92. The summed E-state index contributed by atoms with van der Waals surface area (Å²) in [6.45, 7) is 3.77. The molecule has 0 radical (unpaired) electrons. The molecule has 3 aromatic rings. The maximum absolute atomic E-state index is 12.8. The van der Waals surface area contributed by atoms with Crippen LogP contribution in [-0.4, -0.2) is 36.3 Å². The molecule has 1 amide bonds. The molecule has 1 N–H and O–H groups in total. The van der Waals surface area contributed by atoms with E-state index < -0.39 is 21.7 Å². The molecular formula is C19H20ClN3O5S. The summed E-state index contributed by atoms with van der Waals surface area (Å²) in [4.78, 5) is 24.4. The molecule has 8 nitrogen and oxygen atoms in total. The van der Waals surface area contributed by atoms with Crippen LogP contribution in [0.5, 0.6) is 0 Å². The standard InChI is InChI=1S/C19H20ClN3O5S/c1-3-22(4-2)29(26,27)17-11-13(9-10-14(17)20)21-18(24)12-23-15-7-5-6-8-16(15)28-19(23)25/h5-11H,3-4,12H2,1-2H3,(H,21,24). The molecular weight excluding hydrogens is 418 g/mol. The van der Waals surface area contributed by atoms with Gasteiger partial charge in [0.25, 0.3) is 0 Å². The number of amides is 1. The topological polar surface area (TPSA) is 102 Å². The number of nitrogens with one attached hydrogen (secondary N) is 1. The van der Waals surface area contributed by atoms with Crippen LogP contribution in [0.3, 0.4) is 0 Å². The van der Waals surface area contributed by atoms with Gasteiger partial charge in [-0.1, -0.05) is 37.6 Å². The molecule has 2 aromatic carbocycles. The number of aromatic nitrogens is 1. The fraction of sp³-hybridized carbons (Fsp3) is 0.263. The molecule has 0 saturated heterocycles. The van der Waals surface area contributed by atoms with Gasteiger partial charge in [-0.05, 0) is 30.3 Å². The number of nitrogens with zero attached hydrogens (tertiary/aromatic N) is 2. The third-order valence-corrected chi connectivity index (χ3v) is 6.95. The number of carbonyl (C=O) groups is 1. The van der Waals surface area contributed by atoms with Crippen LogP contribution in [0.15, 0.2) is 56.6 Å². The van der Waals surface area contributed by atoms with Gasteiger partial charge < -0.3 is 9.73 Å². The summed E-state index contributed by atoms with van der Waals surface area (Å²) < 4.78 is 33.1. The summed E-state index contributed by atoms with van der Waals surface area (Å²) in [5.74, 6) is -1.16. The number of fused-ring (bicyclic) bond motifs is 1. The third kappa shape index (κ3) is 4.21. The van der Waals surface area contributed by atoms with Crippen molar-refractivity contribution in [1.82, 2.24) is 8.87 Å². The van der Waals surface area contributed by atoms with Gasteiger partial charge in [-0.25, -0.2) is 13.2 Å². The van der Waals surface area contributed by atoms with Crippen molar-refractivity contribution < 1.29 is 17.6 Å². The molecule has 0 spiro atoms. The van der Waals surface area contributed by atoms with Crippen LogP contribution in [0.2, 0.25) is 5.02 Å². The Labute approximate surface area is 172 Å². The average Bonchev–Trinajstić information content (AvgIpc) is 2.99. The Morgan fingerprint density at radius 2 is 1.86 bits per heavy atom. The lowest BCUT2D eigenvalue weighted by molar-refractivity contribution is -0.116. The molecule has 0 fully saturated rings. The molecule has 0 aliphatic rings. The van der Waals surface area contributed by atoms with Gasteiger partial charge in [-0.2, -0.15) is 4.31 Å². The Bertz CT molecular complexity index is 1210. The number of anilines is 1. The first-order valence-electron chi connectivity index (χ1n) is 8.95. The Balaban J connectivity index is 1.86. The summed E-state index contributed by atoms with van der Waals surface area (Å²) in [5, 5.41) is 2.67. The zero-order chi connectivity index (χ0) is 21.2. The molecule has 0 aliphatic heterocycles. The van der Waals surface area contributed by atoms with E-state index in [1.807, 2.05) is 0 Å². The fourth-order valence-electron chi connectivity index (χ4n) is 2.99. The number of oxazole rings is 1. The van der Waals surface area contributed by atoms with Crippen LogP contribution in [0, 0.1) is 0 Å². The lowest BCUT2D eigenvalue weighted by Crippen LogP contribution is -2.31. The molecule has 10 heteroatoms. The van der Waals surface area contributed by atoms with E-state index in [1.165, 1.54) is 27.1 Å². The van der Waals surface area contributed by atoms with Gasteiger partial charge in [0.2, 0.25) is 15.9 Å². The van der Waals surface area contributed by atoms with E-state index in [0.717, 1.165) is 0 Å². The average molecular weight is 438 g/mol. The fourth-order valence-corrected chi connectivity index (χ4v) is 4.95. The summed E-state index contributed by atoms with van der Waals surface area (Å²) in [6.07, 6.45) is 0. The van der Waals surface area contributed by atoms with Crippen LogP contribution in [0.4, 0.5) is 5.69 Å². The van der Waals surface area contributed by atoms with Gasteiger partial charge in [0.05, 0.1) is 10.5 Å². The number of halogens is 1. The number of benzene rings is 2. The van der Waals surface area contributed by atoms with E-state index in [0.29, 0.717) is 24.2 Å². The Morgan fingerprint density at radius 1 is 1.17 bits per heavy atom. The van der Waals surface area contributed by atoms with E-state index in [4.69, 9.17) is 16.0 Å². The monoisotopic (exact) mass is 437 g/mol. The first-order valence-corrected chi connectivity index (χ1v) is 10.8. The van der Waals surface area contributed by atoms with Crippen molar-refractivity contribution in [2.75, 3.05) is 18.4 Å². The largest absolute Gasteiger partial charge is 0.420 e. The minimum absolute atomic E-state index is 0.0620. The number of hydrogen-bond acceptors (Lipinski definition) is 5. The summed E-state index contributed by atoms with van der Waals surface area (Å²) in [6, 6.07) is 11.0. The molecule has 1 heterocycles. The molecule has 0 unspecified atom stereocenters. The summed E-state index contributed by atoms with van der Waals surface area (Å²) in [7, 11) is -3.80. The first kappa shape index (κ1) is 21.1. The molecule has 29 heavy (non-hydrogen) atoms. The van der Waals surface area contributed by atoms with Gasteiger partial charge in [0, 0.05) is 18.8 Å². The highest BCUT2D eigenvalue weighted by atomic mass is 35.5. The van der Waals surface area contributed by atoms with Crippen LogP contribution in [-0.2, 0) is 21.4 Å². The van der Waals surface area contributed by atoms with Gasteiger partial charge in [-0.15, -0.1) is 0 Å². The van der Waals surface area contributed by atoms with Crippen molar-refractivity contribution >= 4 is 44.3 Å². The SMILES string of the molecule is CCN(CC)S(=O)(=O)c1cc(NC(=O)Cn2c(=O)oc3ccccc32)ccc1Cl. The van der Waals surface area contributed by atoms with Gasteiger partial charge in [0.1, 0.15) is 11.4 Å². The van der Waals surface area contributed by atoms with Crippen molar-refractivity contribution in [3.63, 3.8) is 0 Å². The second kappa shape index (κ2) is 8.40. The van der Waals surface area contributed by atoms with Crippen molar-refractivity contribution in [3.05, 3.63) is 58.0 Å². The minimum Gasteiger partial charge on any atom is -0.408 e. The van der Waals surface area contributed by atoms with E-state index in [2.05, 4.69) is 5.32 Å². The molecule has 0 saturated carbocycles. The highest BCUT2D eigenvalue weighted by Gasteiger charge is 2.25. The smallest absolute Gasteiger partial charge is 0.408 e. The molecule has 3 rings (SSSR count). The molecule has 154 valence electrons. The number of sulfonamides is 1. The van der Waals surface area contributed by atoms with E-state index >= 15 is 0 Å². The lowest BCUT2D eigenvalue weighted by atomic mass is 10.3. The first-order chi connectivity index (χ1) is 13.8. The van der Waals surface area contributed by atoms with Gasteiger partial charge >= 0.3 is 5.76 Å². The van der Waals surface area contributed by atoms with Crippen molar-refractivity contribution in [1.29, 1.82) is 0 Å². The molecule has 0 aliphatic carbocycles. The van der Waals surface area contributed by atoms with Crippen LogP contribution in [0.25, 0.3) is 11.1 Å². The van der Waals surface area contributed by atoms with E-state index in [1.54, 1.807) is 38.1 Å². The number of para-hydroxylation sites is 2. The highest BCUT2D eigenvalue weighted by Crippen LogP contribution is 2.27. The van der Waals surface area contributed by atoms with Crippen LogP contribution < -0.4 is 11.1 Å². The third-order valence-electron chi connectivity index (χ3n) is 4.41. The zero-order valence-corrected chi connectivity index (χ0v) is 17.5. The van der Waals surface area contributed by atoms with Gasteiger partial charge in [-0.3, -0.25) is 9.36 Å². The minimum atomic E-state index is -3.80. The normalized spacial score (nSPS) is 11.9. The van der Waals surface area contributed by atoms with Crippen molar-refractivity contribution in [2.24, 2.45) is 0 Å². The second-order valence-corrected chi connectivity index (χ2v) is 8.52. The van der Waals surface area contributed by atoms with E-state index in [9.17, 15) is 18.0 Å². The van der Waals surface area contributed by atoms with Crippen molar-refractivity contribution in [3.8, 4) is 0 Å². The lowest BCUT2D eigenvalue weighted by Gasteiger charge is -2.19. The Hall–Kier alpha value is -2.62. The second-order valence-electron chi connectivity index (χ2n) is 6.20. The van der Waals surface area contributed by atoms with E-state index in [-0.39, 0.29) is 22.2 Å². The summed E-state index contributed by atoms with van der Waals surface area (Å²) in [5.41, 5.74) is 1.13. The Kier molecular flexibility index (Phi) is 6.11. The van der Waals surface area contributed by atoms with Crippen molar-refractivity contribution in [2.45, 2.75) is 25.3 Å². The zero-order valence-electron chi connectivity index (χ0n) is 15.9. The summed E-state index contributed by atoms with van der Waals surface area (Å²) >= 11 is 6.10. The number of rotatable bonds is 7. The maximum Gasteiger partial charge on any atom is 0.420 e. The predicted molar refractivity (Wildman–Crippen MR) is 111 cm³/mol. The van der Waals surface area contributed by atoms with Gasteiger partial charge in [0.15, 0.2) is 5.58 Å². The van der Waals surface area contributed by atoms with Crippen LogP contribution in [0.1, 0.15) is 13.8 Å². The molecule has 0 bridgehead atoms. The Morgan fingerprint density at radius 3 is 2.55 bits per heavy atom. The quantitative estimate of drug-likeness (QED) is 0.612. The molecule has 1 aromatic heterocycles. The maximum atomic E-state index is 12.8. The highest BCUT2D eigenvalue weighted by molar-refractivity contribution is 7.89. The number of hydrogen-bond donors (Lipinski definition) is 1.